The van der Waals surface area contributed by atoms with Crippen LogP contribution in [0.25, 0.3) is 0 Å². The Morgan fingerprint density at radius 1 is 1.26 bits per heavy atom. The molecule has 23 heavy (non-hydrogen) atoms. The highest BCUT2D eigenvalue weighted by molar-refractivity contribution is 6.31. The van der Waals surface area contributed by atoms with Crippen LogP contribution in [0.15, 0.2) is 24.3 Å². The lowest BCUT2D eigenvalue weighted by molar-refractivity contribution is -0.137. The van der Waals surface area contributed by atoms with Gasteiger partial charge >= 0.3 is 0 Å². The van der Waals surface area contributed by atoms with Crippen LogP contribution in [0.5, 0.6) is 0 Å². The predicted octanol–water partition coefficient (Wildman–Crippen LogP) is 1.57. The second-order valence-corrected chi connectivity index (χ2v) is 6.11. The highest BCUT2D eigenvalue weighted by Gasteiger charge is 2.28. The first-order chi connectivity index (χ1) is 10.8. The van der Waals surface area contributed by atoms with Gasteiger partial charge < -0.3 is 15.0 Å². The summed E-state index contributed by atoms with van der Waals surface area (Å²) in [5, 5.41) is 4.16. The molecule has 0 aliphatic carbocycles. The maximum atomic E-state index is 12.5. The molecule has 0 bridgehead atoms. The number of carbonyl (C=O) groups is 1. The maximum Gasteiger partial charge on any atom is 0.236 e. The Labute approximate surface area is 148 Å². The molecule has 2 aliphatic heterocycles. The molecule has 2 aliphatic rings. The van der Waals surface area contributed by atoms with Crippen molar-refractivity contribution in [2.24, 2.45) is 0 Å². The summed E-state index contributed by atoms with van der Waals surface area (Å²) in [6.45, 7) is 5.69. The molecular formula is C16H23Cl2N3O2. The molecule has 1 aromatic carbocycles. The second kappa shape index (κ2) is 8.85. The third-order valence-corrected chi connectivity index (χ3v) is 4.66. The van der Waals surface area contributed by atoms with Crippen molar-refractivity contribution in [2.75, 3.05) is 52.5 Å². The minimum atomic E-state index is 0. The van der Waals surface area contributed by atoms with Crippen molar-refractivity contribution in [1.82, 2.24) is 15.1 Å². The van der Waals surface area contributed by atoms with Gasteiger partial charge in [0.15, 0.2) is 0 Å². The van der Waals surface area contributed by atoms with Gasteiger partial charge in [-0.15, -0.1) is 12.4 Å². The van der Waals surface area contributed by atoms with Crippen LogP contribution in [0.2, 0.25) is 5.02 Å². The zero-order valence-electron chi connectivity index (χ0n) is 13.0. The van der Waals surface area contributed by atoms with Crippen molar-refractivity contribution in [1.29, 1.82) is 0 Å². The van der Waals surface area contributed by atoms with Crippen LogP contribution in [0, 0.1) is 0 Å². The van der Waals surface area contributed by atoms with Crippen LogP contribution < -0.4 is 5.32 Å². The molecule has 1 unspecified atom stereocenters. The summed E-state index contributed by atoms with van der Waals surface area (Å²) in [6.07, 6.45) is 0. The van der Waals surface area contributed by atoms with Gasteiger partial charge in [-0.1, -0.05) is 29.8 Å². The van der Waals surface area contributed by atoms with E-state index in [0.717, 1.165) is 30.2 Å². The Hall–Kier alpha value is -0.850. The zero-order chi connectivity index (χ0) is 15.4. The van der Waals surface area contributed by atoms with E-state index in [2.05, 4.69) is 10.2 Å². The lowest BCUT2D eigenvalue weighted by atomic mass is 10.0. The predicted molar refractivity (Wildman–Crippen MR) is 93.3 cm³/mol. The highest BCUT2D eigenvalue weighted by Crippen LogP contribution is 2.28. The minimum absolute atomic E-state index is 0. The van der Waals surface area contributed by atoms with E-state index in [9.17, 15) is 4.79 Å². The molecule has 0 aromatic heterocycles. The molecule has 128 valence electrons. The number of nitrogens with zero attached hydrogens (tertiary/aromatic N) is 2. The molecule has 1 amide bonds. The smallest absolute Gasteiger partial charge is 0.236 e. The van der Waals surface area contributed by atoms with Crippen molar-refractivity contribution in [3.63, 3.8) is 0 Å². The van der Waals surface area contributed by atoms with Gasteiger partial charge in [0.2, 0.25) is 5.91 Å². The van der Waals surface area contributed by atoms with Crippen molar-refractivity contribution in [3.05, 3.63) is 34.9 Å². The lowest BCUT2D eigenvalue weighted by Crippen LogP contribution is -2.51. The molecule has 2 fully saturated rings. The van der Waals surface area contributed by atoms with E-state index in [1.54, 1.807) is 0 Å². The van der Waals surface area contributed by atoms with E-state index in [1.807, 2.05) is 29.2 Å². The molecule has 0 radical (unpaired) electrons. The Kier molecular flexibility index (Phi) is 7.11. The molecule has 1 atom stereocenters. The fourth-order valence-electron chi connectivity index (χ4n) is 3.07. The fourth-order valence-corrected chi connectivity index (χ4v) is 3.34. The quantitative estimate of drug-likeness (QED) is 0.889. The second-order valence-electron chi connectivity index (χ2n) is 5.71. The van der Waals surface area contributed by atoms with Gasteiger partial charge in [-0.3, -0.25) is 9.69 Å². The summed E-state index contributed by atoms with van der Waals surface area (Å²) < 4.78 is 5.31. The molecule has 0 spiro atoms. The van der Waals surface area contributed by atoms with Crippen molar-refractivity contribution in [2.45, 2.75) is 6.04 Å². The van der Waals surface area contributed by atoms with Gasteiger partial charge in [-0.2, -0.15) is 0 Å². The van der Waals surface area contributed by atoms with E-state index in [4.69, 9.17) is 16.3 Å². The average molecular weight is 360 g/mol. The Balaban J connectivity index is 0.00000192. The number of hydrogen-bond acceptors (Lipinski definition) is 4. The van der Waals surface area contributed by atoms with Crippen molar-refractivity contribution >= 4 is 29.9 Å². The van der Waals surface area contributed by atoms with Gasteiger partial charge in [-0.05, 0) is 11.6 Å². The Bertz CT molecular complexity index is 524. The minimum Gasteiger partial charge on any atom is -0.378 e. The van der Waals surface area contributed by atoms with Crippen LogP contribution in [0.1, 0.15) is 11.6 Å². The number of morpholine rings is 1. The van der Waals surface area contributed by atoms with Gasteiger partial charge in [0.05, 0.1) is 19.8 Å². The van der Waals surface area contributed by atoms with Gasteiger partial charge in [0, 0.05) is 43.8 Å². The summed E-state index contributed by atoms with van der Waals surface area (Å²) in [5.41, 5.74) is 1.09. The summed E-state index contributed by atoms with van der Waals surface area (Å²) in [7, 11) is 0. The molecule has 1 N–H and O–H groups in total. The number of carbonyl (C=O) groups excluding carboxylic acids is 1. The molecule has 0 saturated carbocycles. The van der Waals surface area contributed by atoms with Crippen molar-refractivity contribution in [3.8, 4) is 0 Å². The largest absolute Gasteiger partial charge is 0.378 e. The van der Waals surface area contributed by atoms with Gasteiger partial charge in [0.25, 0.3) is 0 Å². The summed E-state index contributed by atoms with van der Waals surface area (Å²) >= 11 is 6.34. The number of nitrogens with one attached hydrogen (secondary N) is 1. The average Bonchev–Trinajstić information content (AvgIpc) is 2.57. The molecule has 3 rings (SSSR count). The van der Waals surface area contributed by atoms with Crippen LogP contribution in [0.3, 0.4) is 0 Å². The number of piperazine rings is 1. The number of halogens is 2. The van der Waals surface area contributed by atoms with Crippen molar-refractivity contribution < 1.29 is 9.53 Å². The van der Waals surface area contributed by atoms with E-state index in [0.29, 0.717) is 32.8 Å². The van der Waals surface area contributed by atoms with E-state index < -0.39 is 0 Å². The third kappa shape index (κ3) is 4.58. The van der Waals surface area contributed by atoms with E-state index >= 15 is 0 Å². The normalized spacial score (nSPS) is 22.5. The number of amides is 1. The lowest BCUT2D eigenvalue weighted by Gasteiger charge is -2.38. The monoisotopic (exact) mass is 359 g/mol. The highest BCUT2D eigenvalue weighted by atomic mass is 35.5. The number of benzene rings is 1. The molecule has 2 heterocycles. The molecule has 7 heteroatoms. The number of rotatable bonds is 3. The van der Waals surface area contributed by atoms with Gasteiger partial charge in [0.1, 0.15) is 0 Å². The summed E-state index contributed by atoms with van der Waals surface area (Å²) in [4.78, 5) is 16.6. The van der Waals surface area contributed by atoms with E-state index in [1.165, 1.54) is 0 Å². The number of ether oxygens (including phenoxy) is 1. The SMILES string of the molecule is Cl.O=C(CN1CCNCC1c1ccccc1Cl)N1CCOCC1. The van der Waals surface area contributed by atoms with Crippen LogP contribution in [-0.2, 0) is 9.53 Å². The van der Waals surface area contributed by atoms with Crippen LogP contribution >= 0.6 is 24.0 Å². The Morgan fingerprint density at radius 3 is 2.74 bits per heavy atom. The van der Waals surface area contributed by atoms with E-state index in [-0.39, 0.29) is 24.4 Å². The Morgan fingerprint density at radius 2 is 2.00 bits per heavy atom. The zero-order valence-corrected chi connectivity index (χ0v) is 14.6. The molecule has 2 saturated heterocycles. The van der Waals surface area contributed by atoms with Crippen LogP contribution in [-0.4, -0.2) is 68.2 Å². The number of hydrogen-bond donors (Lipinski definition) is 1. The maximum absolute atomic E-state index is 12.5. The topological polar surface area (TPSA) is 44.8 Å². The fraction of sp³-hybridized carbons (Fsp3) is 0.562. The molecular weight excluding hydrogens is 337 g/mol. The summed E-state index contributed by atoms with van der Waals surface area (Å²) in [6, 6.07) is 8.04. The first kappa shape index (κ1) is 18.5. The molecule has 1 aromatic rings. The summed E-state index contributed by atoms with van der Waals surface area (Å²) in [5.74, 6) is 0.183. The first-order valence-corrected chi connectivity index (χ1v) is 8.18. The standard InChI is InChI=1S/C16H22ClN3O2.ClH/c17-14-4-2-1-3-13(14)15-11-18-5-6-20(15)12-16(21)19-7-9-22-10-8-19;/h1-4,15,18H,5-12H2;1H. The molecule has 5 nitrogen and oxygen atoms in total. The van der Waals surface area contributed by atoms with Gasteiger partial charge in [-0.25, -0.2) is 0 Å². The first-order valence-electron chi connectivity index (χ1n) is 7.80. The van der Waals surface area contributed by atoms with Crippen LogP contribution in [0.4, 0.5) is 0 Å². The third-order valence-electron chi connectivity index (χ3n) is 4.32.